The highest BCUT2D eigenvalue weighted by Gasteiger charge is 2.09. The SMILES string of the molecule is COc1nc(C)c(N)c(NCc2ccc(Br)cn2)n1. The summed E-state index contributed by atoms with van der Waals surface area (Å²) in [6.07, 6.45) is 1.74. The van der Waals surface area contributed by atoms with Crippen molar-refractivity contribution in [2.75, 3.05) is 18.2 Å². The van der Waals surface area contributed by atoms with Crippen LogP contribution in [0.5, 0.6) is 6.01 Å². The van der Waals surface area contributed by atoms with Gasteiger partial charge in [0.25, 0.3) is 0 Å². The van der Waals surface area contributed by atoms with Crippen LogP contribution >= 0.6 is 15.9 Å². The van der Waals surface area contributed by atoms with E-state index in [1.54, 1.807) is 6.20 Å². The number of nitrogen functional groups attached to an aromatic ring is 1. The molecule has 2 aromatic rings. The molecule has 2 heterocycles. The topological polar surface area (TPSA) is 86.0 Å². The van der Waals surface area contributed by atoms with Gasteiger partial charge >= 0.3 is 6.01 Å². The second kappa shape index (κ2) is 5.83. The Morgan fingerprint density at radius 2 is 2.16 bits per heavy atom. The fourth-order valence-corrected chi connectivity index (χ4v) is 1.70. The van der Waals surface area contributed by atoms with Gasteiger partial charge in [-0.3, -0.25) is 4.98 Å². The molecule has 6 nitrogen and oxygen atoms in total. The normalized spacial score (nSPS) is 10.3. The van der Waals surface area contributed by atoms with Gasteiger partial charge in [0, 0.05) is 10.7 Å². The molecule has 0 radical (unpaired) electrons. The van der Waals surface area contributed by atoms with Gasteiger partial charge < -0.3 is 15.8 Å². The van der Waals surface area contributed by atoms with Crippen LogP contribution in [0.4, 0.5) is 11.5 Å². The highest BCUT2D eigenvalue weighted by molar-refractivity contribution is 9.10. The number of methoxy groups -OCH3 is 1. The highest BCUT2D eigenvalue weighted by atomic mass is 79.9. The van der Waals surface area contributed by atoms with Gasteiger partial charge in [-0.1, -0.05) is 0 Å². The molecular weight excluding hydrogens is 310 g/mol. The first-order valence-electron chi connectivity index (χ1n) is 5.62. The first-order valence-corrected chi connectivity index (χ1v) is 6.42. The Morgan fingerprint density at radius 3 is 2.79 bits per heavy atom. The number of ether oxygens (including phenoxy) is 1. The fraction of sp³-hybridized carbons (Fsp3) is 0.250. The van der Waals surface area contributed by atoms with E-state index in [-0.39, 0.29) is 6.01 Å². The molecule has 0 aliphatic carbocycles. The van der Waals surface area contributed by atoms with Crippen molar-refractivity contribution in [2.45, 2.75) is 13.5 Å². The third-order valence-electron chi connectivity index (χ3n) is 2.52. The Hall–Kier alpha value is -1.89. The molecule has 2 rings (SSSR count). The van der Waals surface area contributed by atoms with Crippen LogP contribution in [0.2, 0.25) is 0 Å². The van der Waals surface area contributed by atoms with E-state index in [1.807, 2.05) is 19.1 Å². The van der Waals surface area contributed by atoms with Crippen molar-refractivity contribution >= 4 is 27.4 Å². The minimum absolute atomic E-state index is 0.290. The summed E-state index contributed by atoms with van der Waals surface area (Å²) in [5.41, 5.74) is 8.00. The van der Waals surface area contributed by atoms with Crippen molar-refractivity contribution in [3.8, 4) is 6.01 Å². The Balaban J connectivity index is 2.14. The third-order valence-corrected chi connectivity index (χ3v) is 2.99. The Morgan fingerprint density at radius 1 is 1.37 bits per heavy atom. The minimum Gasteiger partial charge on any atom is -0.467 e. The van der Waals surface area contributed by atoms with Crippen LogP contribution in [-0.2, 0) is 6.54 Å². The van der Waals surface area contributed by atoms with Gasteiger partial charge in [0.1, 0.15) is 0 Å². The van der Waals surface area contributed by atoms with Crippen LogP contribution in [0.3, 0.4) is 0 Å². The number of hydrogen-bond donors (Lipinski definition) is 2. The van der Waals surface area contributed by atoms with Crippen molar-refractivity contribution in [1.29, 1.82) is 0 Å². The average molecular weight is 324 g/mol. The molecule has 0 fully saturated rings. The summed E-state index contributed by atoms with van der Waals surface area (Å²) in [7, 11) is 1.52. The Bertz CT molecular complexity index is 573. The van der Waals surface area contributed by atoms with E-state index in [0.717, 1.165) is 10.2 Å². The van der Waals surface area contributed by atoms with E-state index in [1.165, 1.54) is 7.11 Å². The summed E-state index contributed by atoms with van der Waals surface area (Å²) in [4.78, 5) is 12.5. The molecule has 0 spiro atoms. The van der Waals surface area contributed by atoms with Gasteiger partial charge in [0.05, 0.1) is 30.7 Å². The van der Waals surface area contributed by atoms with Gasteiger partial charge in [-0.2, -0.15) is 9.97 Å². The number of nitrogens with zero attached hydrogens (tertiary/aromatic N) is 3. The van der Waals surface area contributed by atoms with Crippen LogP contribution in [0, 0.1) is 6.92 Å². The summed E-state index contributed by atoms with van der Waals surface area (Å²) in [5.74, 6) is 0.550. The molecule has 7 heteroatoms. The molecule has 100 valence electrons. The molecule has 19 heavy (non-hydrogen) atoms. The molecular formula is C12H14BrN5O. The zero-order valence-corrected chi connectivity index (χ0v) is 12.2. The quantitative estimate of drug-likeness (QED) is 0.896. The summed E-state index contributed by atoms with van der Waals surface area (Å²) in [6.45, 7) is 2.33. The molecule has 0 amide bonds. The molecule has 2 aromatic heterocycles. The maximum absolute atomic E-state index is 5.92. The summed E-state index contributed by atoms with van der Waals surface area (Å²) in [6, 6.07) is 4.13. The van der Waals surface area contributed by atoms with E-state index in [9.17, 15) is 0 Å². The number of nitrogens with two attached hydrogens (primary N) is 1. The van der Waals surface area contributed by atoms with Crippen molar-refractivity contribution in [1.82, 2.24) is 15.0 Å². The molecule has 0 bridgehead atoms. The van der Waals surface area contributed by atoms with Crippen LogP contribution in [-0.4, -0.2) is 22.1 Å². The van der Waals surface area contributed by atoms with Crippen molar-refractivity contribution in [3.05, 3.63) is 34.2 Å². The second-order valence-electron chi connectivity index (χ2n) is 3.88. The monoisotopic (exact) mass is 323 g/mol. The van der Waals surface area contributed by atoms with Crippen LogP contribution in [0.1, 0.15) is 11.4 Å². The number of pyridine rings is 1. The zero-order valence-electron chi connectivity index (χ0n) is 10.6. The molecule has 0 aliphatic heterocycles. The molecule has 0 saturated carbocycles. The number of anilines is 2. The molecule has 0 atom stereocenters. The smallest absolute Gasteiger partial charge is 0.318 e. The minimum atomic E-state index is 0.290. The summed E-state index contributed by atoms with van der Waals surface area (Å²) < 4.78 is 5.96. The molecule has 0 aromatic carbocycles. The van der Waals surface area contributed by atoms with Crippen molar-refractivity contribution in [3.63, 3.8) is 0 Å². The lowest BCUT2D eigenvalue weighted by molar-refractivity contribution is 0.379. The largest absolute Gasteiger partial charge is 0.467 e. The van der Waals surface area contributed by atoms with Gasteiger partial charge in [0.2, 0.25) is 0 Å². The number of hydrogen-bond acceptors (Lipinski definition) is 6. The molecule has 0 aliphatic rings. The first-order chi connectivity index (χ1) is 9.10. The van der Waals surface area contributed by atoms with Gasteiger partial charge in [-0.25, -0.2) is 0 Å². The number of nitrogens with one attached hydrogen (secondary N) is 1. The summed E-state index contributed by atoms with van der Waals surface area (Å²) >= 11 is 3.34. The maximum Gasteiger partial charge on any atom is 0.318 e. The predicted octanol–water partition coefficient (Wildman–Crippen LogP) is 2.15. The van der Waals surface area contributed by atoms with Crippen molar-refractivity contribution < 1.29 is 4.74 Å². The number of rotatable bonds is 4. The lowest BCUT2D eigenvalue weighted by Gasteiger charge is -2.10. The first kappa shape index (κ1) is 13.5. The van der Waals surface area contributed by atoms with Crippen LogP contribution < -0.4 is 15.8 Å². The highest BCUT2D eigenvalue weighted by Crippen LogP contribution is 2.21. The standard InChI is InChI=1S/C12H14BrN5O/c1-7-10(14)11(18-12(17-7)19-2)16-6-9-4-3-8(13)5-15-9/h3-5H,6,14H2,1-2H3,(H,16,17,18). The zero-order chi connectivity index (χ0) is 13.8. The maximum atomic E-state index is 5.92. The predicted molar refractivity (Wildman–Crippen MR) is 77.0 cm³/mol. The third kappa shape index (κ3) is 3.31. The second-order valence-corrected chi connectivity index (χ2v) is 4.79. The van der Waals surface area contributed by atoms with Gasteiger partial charge in [-0.15, -0.1) is 0 Å². The lowest BCUT2D eigenvalue weighted by atomic mass is 10.3. The Labute approximate surface area is 119 Å². The van der Waals surface area contributed by atoms with Crippen molar-refractivity contribution in [2.24, 2.45) is 0 Å². The lowest BCUT2D eigenvalue weighted by Crippen LogP contribution is -2.09. The Kier molecular flexibility index (Phi) is 4.16. The van der Waals surface area contributed by atoms with Gasteiger partial charge in [0.15, 0.2) is 5.82 Å². The number of halogens is 1. The van der Waals surface area contributed by atoms with Crippen LogP contribution in [0.25, 0.3) is 0 Å². The molecule has 0 saturated heterocycles. The van der Waals surface area contributed by atoms with E-state index < -0.39 is 0 Å². The fourth-order valence-electron chi connectivity index (χ4n) is 1.47. The van der Waals surface area contributed by atoms with E-state index in [0.29, 0.717) is 23.7 Å². The van der Waals surface area contributed by atoms with E-state index in [4.69, 9.17) is 10.5 Å². The summed E-state index contributed by atoms with van der Waals surface area (Å²) in [5, 5.41) is 3.13. The molecule has 3 N–H and O–H groups in total. The van der Waals surface area contributed by atoms with Crippen LogP contribution in [0.15, 0.2) is 22.8 Å². The van der Waals surface area contributed by atoms with E-state index in [2.05, 4.69) is 36.2 Å². The van der Waals surface area contributed by atoms with Gasteiger partial charge in [-0.05, 0) is 35.0 Å². The molecule has 0 unspecified atom stereocenters. The van der Waals surface area contributed by atoms with E-state index >= 15 is 0 Å². The number of aryl methyl sites for hydroxylation is 1. The average Bonchev–Trinajstić information content (AvgIpc) is 2.42. The number of aromatic nitrogens is 3.